The third kappa shape index (κ3) is 11.7. The number of hydrogen-bond donors (Lipinski definition) is 8. The summed E-state index contributed by atoms with van der Waals surface area (Å²) >= 11 is 1.30. The molecule has 2 aliphatic rings. The molecule has 2 bridgehead atoms. The van der Waals surface area contributed by atoms with Gasteiger partial charge in [0.25, 0.3) is 11.8 Å². The van der Waals surface area contributed by atoms with Gasteiger partial charge in [0.15, 0.2) is 12.2 Å². The summed E-state index contributed by atoms with van der Waals surface area (Å²) < 4.78 is 0. The minimum atomic E-state index is -2.29. The molecule has 4 aromatic carbocycles. The molecule has 0 spiro atoms. The van der Waals surface area contributed by atoms with E-state index in [2.05, 4.69) is 26.6 Å². The maximum absolute atomic E-state index is 14.4. The van der Waals surface area contributed by atoms with E-state index in [1.807, 2.05) is 72.8 Å². The van der Waals surface area contributed by atoms with Gasteiger partial charge in [-0.1, -0.05) is 103 Å². The molecular formula is C45H45N5O9S. The van der Waals surface area contributed by atoms with Crippen LogP contribution in [0.3, 0.4) is 0 Å². The standard InChI is InChI=1S/C45H45N5O9S/c51-38-39(52)44(57)49-36(26-33-12-7-23-60-33)42(55)48-35(24-28-13-18-31(19-14-28)30-10-5-2-6-11-30)41(54)47-34(22-17-27-8-3-1-4-9-27)40(53)50-37(45(58)59)25-29-15-20-32(21-16-29)46-43(38)56/h1-16,18-21,23,34-39,51-52H,17,22,24-26H2,(H,46,56)(H,47,54)(H,48,55)(H,49,57)(H,50,53)(H,58,59)/t34-,35-,36+,37-,38+,39+/m0/s1. The maximum atomic E-state index is 14.4. The van der Waals surface area contributed by atoms with Crippen LogP contribution in [0.25, 0.3) is 11.1 Å². The fourth-order valence-electron chi connectivity index (χ4n) is 6.71. The monoisotopic (exact) mass is 831 g/mol. The van der Waals surface area contributed by atoms with Gasteiger partial charge in [-0.15, -0.1) is 11.3 Å². The van der Waals surface area contributed by atoms with Crippen LogP contribution in [0.15, 0.2) is 127 Å². The van der Waals surface area contributed by atoms with Gasteiger partial charge in [-0.25, -0.2) is 4.79 Å². The van der Waals surface area contributed by atoms with Crippen LogP contribution in [-0.4, -0.2) is 87.2 Å². The number of thiophene rings is 1. The van der Waals surface area contributed by atoms with Crippen LogP contribution in [0.4, 0.5) is 5.69 Å². The number of carboxylic acid groups (broad SMARTS) is 1. The second kappa shape index (κ2) is 20.3. The summed E-state index contributed by atoms with van der Waals surface area (Å²) in [5.74, 6) is -6.02. The van der Waals surface area contributed by atoms with Gasteiger partial charge < -0.3 is 41.9 Å². The van der Waals surface area contributed by atoms with Gasteiger partial charge in [-0.05, 0) is 64.2 Å². The Morgan fingerprint density at radius 3 is 1.77 bits per heavy atom. The molecule has 0 unspecified atom stereocenters. The van der Waals surface area contributed by atoms with Gasteiger partial charge >= 0.3 is 5.97 Å². The van der Waals surface area contributed by atoms with E-state index in [9.17, 15) is 44.1 Å². The normalized spacial score (nSPS) is 22.0. The van der Waals surface area contributed by atoms with Crippen molar-refractivity contribution in [1.82, 2.24) is 21.3 Å². The highest BCUT2D eigenvalue weighted by Crippen LogP contribution is 2.21. The lowest BCUT2D eigenvalue weighted by Gasteiger charge is -2.27. The molecule has 8 N–H and O–H groups in total. The Hall–Kier alpha value is -6.68. The van der Waals surface area contributed by atoms with Crippen molar-refractivity contribution >= 4 is 52.5 Å². The molecular weight excluding hydrogens is 787 g/mol. The Morgan fingerprint density at radius 2 is 1.13 bits per heavy atom. The average Bonchev–Trinajstić information content (AvgIpc) is 3.78. The minimum absolute atomic E-state index is 0.0611. The highest BCUT2D eigenvalue weighted by Gasteiger charge is 2.35. The first-order valence-corrected chi connectivity index (χ1v) is 20.2. The van der Waals surface area contributed by atoms with Crippen LogP contribution in [-0.2, 0) is 54.5 Å². The van der Waals surface area contributed by atoms with Crippen molar-refractivity contribution < 1.29 is 44.1 Å². The number of aliphatic carboxylic acids is 1. The van der Waals surface area contributed by atoms with Gasteiger partial charge in [0.1, 0.15) is 24.2 Å². The molecule has 0 saturated heterocycles. The Kier molecular flexibility index (Phi) is 14.5. The lowest BCUT2D eigenvalue weighted by atomic mass is 9.99. The molecule has 5 aromatic rings. The molecule has 6 atom stereocenters. The summed E-state index contributed by atoms with van der Waals surface area (Å²) in [4.78, 5) is 82.1. The Balaban J connectivity index is 1.36. The lowest BCUT2D eigenvalue weighted by Crippen LogP contribution is -2.59. The van der Waals surface area contributed by atoms with Gasteiger partial charge in [-0.3, -0.25) is 24.0 Å². The van der Waals surface area contributed by atoms with E-state index in [0.717, 1.165) is 16.7 Å². The molecule has 310 valence electrons. The number of carboxylic acids is 1. The second-order valence-electron chi connectivity index (χ2n) is 14.4. The Morgan fingerprint density at radius 1 is 0.567 bits per heavy atom. The highest BCUT2D eigenvalue weighted by atomic mass is 32.1. The fraction of sp³-hybridized carbons (Fsp3) is 0.244. The number of anilines is 1. The molecule has 15 heteroatoms. The van der Waals surface area contributed by atoms with Crippen LogP contribution < -0.4 is 26.6 Å². The van der Waals surface area contributed by atoms with E-state index in [-0.39, 0.29) is 31.4 Å². The summed E-state index contributed by atoms with van der Waals surface area (Å²) in [6, 6.07) is 30.2. The van der Waals surface area contributed by atoms with E-state index in [4.69, 9.17) is 0 Å². The van der Waals surface area contributed by atoms with E-state index in [1.54, 1.807) is 29.6 Å². The van der Waals surface area contributed by atoms with Crippen LogP contribution in [0.1, 0.15) is 28.0 Å². The smallest absolute Gasteiger partial charge is 0.326 e. The number of fused-ring (bicyclic) bond motifs is 18. The van der Waals surface area contributed by atoms with E-state index >= 15 is 0 Å². The Labute approximate surface area is 350 Å². The largest absolute Gasteiger partial charge is 0.480 e. The van der Waals surface area contributed by atoms with E-state index in [1.165, 1.54) is 35.6 Å². The summed E-state index contributed by atoms with van der Waals surface area (Å²) in [6.45, 7) is 0. The lowest BCUT2D eigenvalue weighted by molar-refractivity contribution is -0.145. The van der Waals surface area contributed by atoms with Gasteiger partial charge in [0, 0.05) is 29.8 Å². The number of rotatable bonds is 9. The zero-order valence-electron chi connectivity index (χ0n) is 32.3. The summed E-state index contributed by atoms with van der Waals surface area (Å²) in [5.41, 5.74) is 4.02. The number of nitrogens with one attached hydrogen (secondary N) is 5. The van der Waals surface area contributed by atoms with Gasteiger partial charge in [0.05, 0.1) is 0 Å². The highest BCUT2D eigenvalue weighted by molar-refractivity contribution is 7.09. The number of aryl methyl sites for hydroxylation is 1. The van der Waals surface area contributed by atoms with E-state index < -0.39 is 71.9 Å². The summed E-state index contributed by atoms with van der Waals surface area (Å²) in [7, 11) is 0. The van der Waals surface area contributed by atoms with Crippen molar-refractivity contribution in [1.29, 1.82) is 0 Å². The average molecular weight is 832 g/mol. The van der Waals surface area contributed by atoms with Crippen molar-refractivity contribution in [2.45, 2.75) is 68.5 Å². The van der Waals surface area contributed by atoms with E-state index in [0.29, 0.717) is 22.4 Å². The number of carbonyl (C=O) groups is 6. The SMILES string of the molecule is O=C(O)[C@@H]1Cc2ccc(cc2)NC(=O)[C@H](O)[C@@H](O)C(=O)N[C@H](Cc2cccs2)C(=O)N[C@@H](Cc2ccc(-c3ccccc3)cc2)C(=O)N[C@@H](CCc2ccccc2)C(=O)N1. The third-order valence-corrected chi connectivity index (χ3v) is 11.0. The number of hydrogen-bond acceptors (Lipinski definition) is 9. The predicted octanol–water partition coefficient (Wildman–Crippen LogP) is 2.77. The molecule has 0 saturated carbocycles. The summed E-state index contributed by atoms with van der Waals surface area (Å²) in [5, 5.41) is 46.4. The number of aliphatic hydroxyl groups excluding tert-OH is 2. The van der Waals surface area contributed by atoms with Crippen LogP contribution >= 0.6 is 11.3 Å². The fourth-order valence-corrected chi connectivity index (χ4v) is 7.46. The molecule has 5 amide bonds. The first-order chi connectivity index (χ1) is 28.9. The molecule has 14 nitrogen and oxygen atoms in total. The third-order valence-electron chi connectivity index (χ3n) is 10.1. The predicted molar refractivity (Wildman–Crippen MR) is 225 cm³/mol. The zero-order valence-corrected chi connectivity index (χ0v) is 33.1. The molecule has 1 aromatic heterocycles. The molecule has 0 radical (unpaired) electrons. The molecule has 60 heavy (non-hydrogen) atoms. The van der Waals surface area contributed by atoms with Crippen molar-refractivity contribution in [3.63, 3.8) is 0 Å². The van der Waals surface area contributed by atoms with Crippen LogP contribution in [0.2, 0.25) is 0 Å². The Bertz CT molecular complexity index is 2260. The molecule has 3 heterocycles. The number of amides is 5. The van der Waals surface area contributed by atoms with Crippen molar-refractivity contribution in [2.24, 2.45) is 0 Å². The maximum Gasteiger partial charge on any atom is 0.326 e. The van der Waals surface area contributed by atoms with Crippen molar-refractivity contribution in [2.75, 3.05) is 5.32 Å². The van der Waals surface area contributed by atoms with Gasteiger partial charge in [-0.2, -0.15) is 0 Å². The zero-order chi connectivity index (χ0) is 42.6. The first kappa shape index (κ1) is 42.9. The van der Waals surface area contributed by atoms with Crippen molar-refractivity contribution in [3.8, 4) is 11.1 Å². The van der Waals surface area contributed by atoms with Crippen LogP contribution in [0.5, 0.6) is 0 Å². The topological polar surface area (TPSA) is 223 Å². The number of aliphatic hydroxyl groups is 2. The van der Waals surface area contributed by atoms with Gasteiger partial charge in [0.2, 0.25) is 17.7 Å². The molecule has 0 fully saturated rings. The molecule has 2 aliphatic heterocycles. The molecule has 7 rings (SSSR count). The van der Waals surface area contributed by atoms with Crippen molar-refractivity contribution in [3.05, 3.63) is 148 Å². The number of carbonyl (C=O) groups excluding carboxylic acids is 5. The second-order valence-corrected chi connectivity index (χ2v) is 15.5. The first-order valence-electron chi connectivity index (χ1n) is 19.3. The minimum Gasteiger partial charge on any atom is -0.480 e. The molecule has 0 aliphatic carbocycles. The van der Waals surface area contributed by atoms with Crippen LogP contribution in [0, 0.1) is 0 Å². The number of benzene rings is 4. The summed E-state index contributed by atoms with van der Waals surface area (Å²) in [6.07, 6.45) is -4.43. The quantitative estimate of drug-likeness (QED) is 0.102.